The fourth-order valence-electron chi connectivity index (χ4n) is 4.79. The molecule has 1 amide bonds. The number of rotatable bonds is 6. The van der Waals surface area contributed by atoms with Crippen LogP contribution in [0.5, 0.6) is 0 Å². The molecule has 4 heterocycles. The number of hydrogen-bond acceptors (Lipinski definition) is 6. The van der Waals surface area contributed by atoms with Crippen LogP contribution in [0.1, 0.15) is 48.2 Å². The summed E-state index contributed by atoms with van der Waals surface area (Å²) >= 11 is 0. The number of piperazine rings is 1. The predicted octanol–water partition coefficient (Wildman–Crippen LogP) is 4.12. The molecular formula is C26H28N6O2. The van der Waals surface area contributed by atoms with Crippen LogP contribution in [0.3, 0.4) is 0 Å². The molecule has 1 aromatic carbocycles. The Hall–Kier alpha value is -3.52. The lowest BCUT2D eigenvalue weighted by Crippen LogP contribution is -2.48. The fraction of sp³-hybridized carbons (Fsp3) is 0.385. The van der Waals surface area contributed by atoms with E-state index in [1.807, 2.05) is 41.3 Å². The van der Waals surface area contributed by atoms with Gasteiger partial charge in [-0.1, -0.05) is 25.1 Å². The third-order valence-electron chi connectivity index (χ3n) is 6.71. The maximum absolute atomic E-state index is 13.4. The molecule has 0 unspecified atom stereocenters. The maximum atomic E-state index is 13.4. The molecule has 8 heteroatoms. The number of para-hydroxylation sites is 1. The SMILES string of the molecule is CCCN1CCN(C(=O)c2cnn(-c3nccc(-c4cc5ccccc5o4)n3)c2C2CC2)CC1. The average molecular weight is 457 g/mol. The zero-order valence-electron chi connectivity index (χ0n) is 19.4. The van der Waals surface area contributed by atoms with Crippen molar-refractivity contribution in [3.8, 4) is 17.4 Å². The fourth-order valence-corrected chi connectivity index (χ4v) is 4.79. The molecule has 2 aliphatic rings. The summed E-state index contributed by atoms with van der Waals surface area (Å²) in [6.45, 7) is 6.65. The first-order valence-electron chi connectivity index (χ1n) is 12.1. The van der Waals surface area contributed by atoms with E-state index in [9.17, 15) is 4.79 Å². The number of fused-ring (bicyclic) bond motifs is 1. The normalized spacial score (nSPS) is 16.9. The summed E-state index contributed by atoms with van der Waals surface area (Å²) in [5.74, 6) is 1.54. The maximum Gasteiger partial charge on any atom is 0.257 e. The number of nitrogens with zero attached hydrogens (tertiary/aromatic N) is 6. The van der Waals surface area contributed by atoms with Crippen molar-refractivity contribution in [1.29, 1.82) is 0 Å². The number of furan rings is 1. The summed E-state index contributed by atoms with van der Waals surface area (Å²) in [5.41, 5.74) is 3.13. The number of carbonyl (C=O) groups excluding carboxylic acids is 1. The summed E-state index contributed by atoms with van der Waals surface area (Å²) in [6, 6.07) is 11.7. The standard InChI is InChI=1S/C26H28N6O2/c1-2-11-30-12-14-31(15-13-30)25(33)20-17-28-32(24(20)18-7-8-18)26-27-10-9-21(29-26)23-16-19-5-3-4-6-22(19)34-23/h3-6,9-10,16-18H,2,7-8,11-15H2,1H3. The molecule has 0 spiro atoms. The molecule has 8 nitrogen and oxygen atoms in total. The van der Waals surface area contributed by atoms with Crippen molar-refractivity contribution in [1.82, 2.24) is 29.5 Å². The molecule has 6 rings (SSSR count). The van der Waals surface area contributed by atoms with E-state index in [1.165, 1.54) is 0 Å². The van der Waals surface area contributed by atoms with Gasteiger partial charge >= 0.3 is 0 Å². The molecule has 4 aromatic rings. The summed E-state index contributed by atoms with van der Waals surface area (Å²) in [7, 11) is 0. The molecule has 1 aliphatic carbocycles. The number of carbonyl (C=O) groups is 1. The topological polar surface area (TPSA) is 80.3 Å². The number of amides is 1. The highest BCUT2D eigenvalue weighted by Crippen LogP contribution is 2.42. The molecule has 1 aliphatic heterocycles. The second kappa shape index (κ2) is 8.68. The monoisotopic (exact) mass is 456 g/mol. The van der Waals surface area contributed by atoms with Crippen molar-refractivity contribution in [2.24, 2.45) is 0 Å². The van der Waals surface area contributed by atoms with Gasteiger partial charge < -0.3 is 9.32 Å². The first-order chi connectivity index (χ1) is 16.7. The van der Waals surface area contributed by atoms with E-state index in [4.69, 9.17) is 9.40 Å². The van der Waals surface area contributed by atoms with Gasteiger partial charge in [-0.05, 0) is 44.0 Å². The van der Waals surface area contributed by atoms with Crippen LogP contribution in [-0.2, 0) is 0 Å². The minimum absolute atomic E-state index is 0.0673. The van der Waals surface area contributed by atoms with Gasteiger partial charge in [0, 0.05) is 43.7 Å². The first-order valence-corrected chi connectivity index (χ1v) is 12.1. The molecule has 3 aromatic heterocycles. The minimum atomic E-state index is 0.0673. The summed E-state index contributed by atoms with van der Waals surface area (Å²) in [5, 5.41) is 5.62. The van der Waals surface area contributed by atoms with E-state index in [1.54, 1.807) is 17.1 Å². The first kappa shape index (κ1) is 21.0. The van der Waals surface area contributed by atoms with Gasteiger partial charge in [0.1, 0.15) is 11.3 Å². The summed E-state index contributed by atoms with van der Waals surface area (Å²) < 4.78 is 7.75. The van der Waals surface area contributed by atoms with Crippen LogP contribution in [0.4, 0.5) is 0 Å². The van der Waals surface area contributed by atoms with Crippen molar-refractivity contribution < 1.29 is 9.21 Å². The number of hydrogen-bond donors (Lipinski definition) is 0. The molecule has 0 atom stereocenters. The molecular weight excluding hydrogens is 428 g/mol. The van der Waals surface area contributed by atoms with Gasteiger partial charge in [-0.2, -0.15) is 5.10 Å². The van der Waals surface area contributed by atoms with Crippen LogP contribution in [0.2, 0.25) is 0 Å². The van der Waals surface area contributed by atoms with Crippen molar-refractivity contribution in [2.75, 3.05) is 32.7 Å². The van der Waals surface area contributed by atoms with Crippen LogP contribution in [-0.4, -0.2) is 68.2 Å². The number of benzene rings is 1. The highest BCUT2D eigenvalue weighted by molar-refractivity contribution is 5.95. The highest BCUT2D eigenvalue weighted by atomic mass is 16.3. The molecule has 0 radical (unpaired) electrons. The smallest absolute Gasteiger partial charge is 0.257 e. The minimum Gasteiger partial charge on any atom is -0.454 e. The molecule has 0 bridgehead atoms. The van der Waals surface area contributed by atoms with Gasteiger partial charge in [-0.25, -0.2) is 14.6 Å². The zero-order valence-corrected chi connectivity index (χ0v) is 19.4. The lowest BCUT2D eigenvalue weighted by atomic mass is 10.1. The third kappa shape index (κ3) is 3.88. The Morgan fingerprint density at radius 3 is 2.71 bits per heavy atom. The van der Waals surface area contributed by atoms with Crippen molar-refractivity contribution in [3.63, 3.8) is 0 Å². The van der Waals surface area contributed by atoms with Gasteiger partial charge in [0.05, 0.1) is 17.5 Å². The third-order valence-corrected chi connectivity index (χ3v) is 6.71. The van der Waals surface area contributed by atoms with E-state index in [0.29, 0.717) is 28.9 Å². The van der Waals surface area contributed by atoms with E-state index >= 15 is 0 Å². The summed E-state index contributed by atoms with van der Waals surface area (Å²) in [4.78, 5) is 27.1. The summed E-state index contributed by atoms with van der Waals surface area (Å²) in [6.07, 6.45) is 6.67. The Bertz CT molecular complexity index is 1300. The van der Waals surface area contributed by atoms with Crippen LogP contribution in [0, 0.1) is 0 Å². The van der Waals surface area contributed by atoms with E-state index in [-0.39, 0.29) is 5.91 Å². The zero-order chi connectivity index (χ0) is 23.1. The van der Waals surface area contributed by atoms with Gasteiger partial charge in [-0.3, -0.25) is 9.69 Å². The van der Waals surface area contributed by atoms with Gasteiger partial charge in [0.25, 0.3) is 11.9 Å². The second-order valence-corrected chi connectivity index (χ2v) is 9.15. The van der Waals surface area contributed by atoms with Crippen molar-refractivity contribution in [2.45, 2.75) is 32.1 Å². The lowest BCUT2D eigenvalue weighted by molar-refractivity contribution is 0.0636. The lowest BCUT2D eigenvalue weighted by Gasteiger charge is -2.34. The van der Waals surface area contributed by atoms with Gasteiger partial charge in [-0.15, -0.1) is 0 Å². The molecule has 1 saturated carbocycles. The van der Waals surface area contributed by atoms with Crippen molar-refractivity contribution >= 4 is 16.9 Å². The largest absolute Gasteiger partial charge is 0.454 e. The van der Waals surface area contributed by atoms with Gasteiger partial charge in [0.2, 0.25) is 0 Å². The Morgan fingerprint density at radius 2 is 1.94 bits per heavy atom. The Kier molecular flexibility index (Phi) is 5.37. The molecule has 34 heavy (non-hydrogen) atoms. The number of aromatic nitrogens is 4. The molecule has 1 saturated heterocycles. The molecule has 0 N–H and O–H groups in total. The quantitative estimate of drug-likeness (QED) is 0.434. The van der Waals surface area contributed by atoms with Gasteiger partial charge in [0.15, 0.2) is 5.76 Å². The van der Waals surface area contributed by atoms with Crippen LogP contribution < -0.4 is 0 Å². The average Bonchev–Trinajstić information content (AvgIpc) is 3.46. The van der Waals surface area contributed by atoms with Crippen LogP contribution >= 0.6 is 0 Å². The van der Waals surface area contributed by atoms with Crippen molar-refractivity contribution in [3.05, 3.63) is 60.0 Å². The van der Waals surface area contributed by atoms with E-state index in [2.05, 4.69) is 21.9 Å². The molecule has 174 valence electrons. The highest BCUT2D eigenvalue weighted by Gasteiger charge is 2.35. The van der Waals surface area contributed by atoms with Crippen LogP contribution in [0.25, 0.3) is 28.4 Å². The Morgan fingerprint density at radius 1 is 1.12 bits per heavy atom. The van der Waals surface area contributed by atoms with E-state index in [0.717, 1.165) is 68.6 Å². The second-order valence-electron chi connectivity index (χ2n) is 9.15. The van der Waals surface area contributed by atoms with E-state index < -0.39 is 0 Å². The van der Waals surface area contributed by atoms with Crippen LogP contribution in [0.15, 0.2) is 53.2 Å². The predicted molar refractivity (Wildman–Crippen MR) is 129 cm³/mol. The Balaban J connectivity index is 1.30. The Labute approximate surface area is 198 Å². The molecule has 2 fully saturated rings.